The van der Waals surface area contributed by atoms with Crippen LogP contribution in [0, 0.1) is 13.8 Å². The molecule has 2 N–H and O–H groups in total. The second kappa shape index (κ2) is 5.84. The SMILES string of the molecule is Cc1cc(C)c(-n2c(SCC(=O)O)n[nH]c2=O)c(Br)c1. The molecule has 0 atom stereocenters. The fourth-order valence-corrected chi connectivity index (χ4v) is 3.41. The van der Waals surface area contributed by atoms with Gasteiger partial charge in [0.25, 0.3) is 0 Å². The molecule has 0 fully saturated rings. The molecular weight excluding hydrogens is 346 g/mol. The van der Waals surface area contributed by atoms with Gasteiger partial charge < -0.3 is 5.11 Å². The number of aromatic amines is 1. The lowest BCUT2D eigenvalue weighted by molar-refractivity contribution is -0.133. The summed E-state index contributed by atoms with van der Waals surface area (Å²) < 4.78 is 2.14. The summed E-state index contributed by atoms with van der Waals surface area (Å²) in [5, 5.41) is 15.3. The lowest BCUT2D eigenvalue weighted by Gasteiger charge is -2.11. The minimum Gasteiger partial charge on any atom is -0.481 e. The third-order valence-electron chi connectivity index (χ3n) is 2.59. The maximum atomic E-state index is 11.9. The monoisotopic (exact) mass is 357 g/mol. The molecule has 1 aromatic carbocycles. The fourth-order valence-electron chi connectivity index (χ4n) is 1.89. The Hall–Kier alpha value is -1.54. The molecule has 0 aliphatic carbocycles. The molecular formula is C12H12BrN3O3S. The molecule has 20 heavy (non-hydrogen) atoms. The summed E-state index contributed by atoms with van der Waals surface area (Å²) in [6, 6.07) is 3.85. The molecule has 106 valence electrons. The van der Waals surface area contributed by atoms with Gasteiger partial charge in [-0.25, -0.2) is 14.5 Å². The van der Waals surface area contributed by atoms with E-state index in [1.54, 1.807) is 0 Å². The number of aliphatic carboxylic acids is 1. The zero-order valence-corrected chi connectivity index (χ0v) is 13.2. The quantitative estimate of drug-likeness (QED) is 0.818. The van der Waals surface area contributed by atoms with E-state index in [0.717, 1.165) is 27.4 Å². The van der Waals surface area contributed by atoms with E-state index < -0.39 is 11.7 Å². The Labute approximate surface area is 127 Å². The highest BCUT2D eigenvalue weighted by Crippen LogP contribution is 2.28. The summed E-state index contributed by atoms with van der Waals surface area (Å²) in [5.41, 5.74) is 2.24. The number of aryl methyl sites for hydroxylation is 2. The molecule has 0 saturated carbocycles. The summed E-state index contributed by atoms with van der Waals surface area (Å²) in [7, 11) is 0. The van der Waals surface area contributed by atoms with Crippen molar-refractivity contribution in [3.05, 3.63) is 38.2 Å². The first kappa shape index (κ1) is 14.9. The lowest BCUT2D eigenvalue weighted by atomic mass is 10.1. The van der Waals surface area contributed by atoms with E-state index in [1.807, 2.05) is 26.0 Å². The van der Waals surface area contributed by atoms with Gasteiger partial charge in [-0.3, -0.25) is 4.79 Å². The molecule has 0 aliphatic rings. The van der Waals surface area contributed by atoms with Gasteiger partial charge in [0.1, 0.15) is 0 Å². The summed E-state index contributed by atoms with van der Waals surface area (Å²) in [4.78, 5) is 22.6. The van der Waals surface area contributed by atoms with E-state index in [4.69, 9.17) is 5.11 Å². The number of hydrogen-bond acceptors (Lipinski definition) is 4. The molecule has 0 amide bonds. The van der Waals surface area contributed by atoms with Crippen molar-refractivity contribution in [3.8, 4) is 5.69 Å². The highest BCUT2D eigenvalue weighted by molar-refractivity contribution is 9.10. The Balaban J connectivity index is 2.56. The minimum absolute atomic E-state index is 0.160. The summed E-state index contributed by atoms with van der Waals surface area (Å²) >= 11 is 4.43. The van der Waals surface area contributed by atoms with Crippen molar-refractivity contribution in [2.45, 2.75) is 19.0 Å². The normalized spacial score (nSPS) is 10.8. The van der Waals surface area contributed by atoms with Crippen LogP contribution < -0.4 is 5.69 Å². The van der Waals surface area contributed by atoms with Crippen molar-refractivity contribution in [3.63, 3.8) is 0 Å². The molecule has 2 rings (SSSR count). The van der Waals surface area contributed by atoms with Crippen molar-refractivity contribution in [2.24, 2.45) is 0 Å². The average Bonchev–Trinajstić information content (AvgIpc) is 2.67. The van der Waals surface area contributed by atoms with Gasteiger partial charge in [0.15, 0.2) is 5.16 Å². The Kier molecular flexibility index (Phi) is 4.34. The first-order chi connectivity index (χ1) is 9.40. The first-order valence-corrected chi connectivity index (χ1v) is 7.47. The van der Waals surface area contributed by atoms with Crippen molar-refractivity contribution >= 4 is 33.7 Å². The summed E-state index contributed by atoms with van der Waals surface area (Å²) in [6.07, 6.45) is 0. The van der Waals surface area contributed by atoms with E-state index in [0.29, 0.717) is 10.8 Å². The molecule has 1 heterocycles. The Bertz CT molecular complexity index is 700. The molecule has 6 nitrogen and oxygen atoms in total. The highest BCUT2D eigenvalue weighted by atomic mass is 79.9. The molecule has 0 unspecified atom stereocenters. The van der Waals surface area contributed by atoms with Gasteiger partial charge in [0.2, 0.25) is 0 Å². The number of thioether (sulfide) groups is 1. The van der Waals surface area contributed by atoms with Crippen molar-refractivity contribution in [1.82, 2.24) is 14.8 Å². The number of nitrogens with zero attached hydrogens (tertiary/aromatic N) is 2. The molecule has 2 aromatic rings. The summed E-state index contributed by atoms with van der Waals surface area (Å²) in [6.45, 7) is 3.85. The number of H-pyrrole nitrogens is 1. The predicted molar refractivity (Wildman–Crippen MR) is 79.7 cm³/mol. The van der Waals surface area contributed by atoms with Crippen LogP contribution in [0.15, 0.2) is 26.6 Å². The van der Waals surface area contributed by atoms with Crippen LogP contribution in [0.5, 0.6) is 0 Å². The number of rotatable bonds is 4. The Morgan fingerprint density at radius 2 is 2.20 bits per heavy atom. The van der Waals surface area contributed by atoms with Gasteiger partial charge in [0, 0.05) is 4.47 Å². The fraction of sp³-hybridized carbons (Fsp3) is 0.250. The number of carbonyl (C=O) groups is 1. The zero-order valence-electron chi connectivity index (χ0n) is 10.8. The maximum absolute atomic E-state index is 11.9. The van der Waals surface area contributed by atoms with E-state index in [-0.39, 0.29) is 5.75 Å². The van der Waals surface area contributed by atoms with Gasteiger partial charge in [-0.15, -0.1) is 5.10 Å². The van der Waals surface area contributed by atoms with Crippen LogP contribution in [-0.2, 0) is 4.79 Å². The van der Waals surface area contributed by atoms with Crippen LogP contribution in [0.4, 0.5) is 0 Å². The van der Waals surface area contributed by atoms with Gasteiger partial charge >= 0.3 is 11.7 Å². The van der Waals surface area contributed by atoms with Crippen LogP contribution in [0.3, 0.4) is 0 Å². The number of aromatic nitrogens is 3. The van der Waals surface area contributed by atoms with E-state index in [1.165, 1.54) is 4.57 Å². The van der Waals surface area contributed by atoms with Gasteiger partial charge in [-0.2, -0.15) is 0 Å². The number of benzene rings is 1. The lowest BCUT2D eigenvalue weighted by Crippen LogP contribution is -2.17. The molecule has 0 aliphatic heterocycles. The third kappa shape index (κ3) is 2.96. The van der Waals surface area contributed by atoms with E-state index in [9.17, 15) is 9.59 Å². The number of nitrogens with one attached hydrogen (secondary N) is 1. The minimum atomic E-state index is -0.961. The maximum Gasteiger partial charge on any atom is 0.348 e. The zero-order chi connectivity index (χ0) is 14.9. The topological polar surface area (TPSA) is 88.0 Å². The Morgan fingerprint density at radius 1 is 1.50 bits per heavy atom. The first-order valence-electron chi connectivity index (χ1n) is 5.69. The largest absolute Gasteiger partial charge is 0.481 e. The molecule has 1 aromatic heterocycles. The van der Waals surface area contributed by atoms with E-state index >= 15 is 0 Å². The number of halogens is 1. The molecule has 0 bridgehead atoms. The van der Waals surface area contributed by atoms with Crippen molar-refractivity contribution < 1.29 is 9.90 Å². The molecule has 0 spiro atoms. The van der Waals surface area contributed by atoms with Crippen LogP contribution in [0.25, 0.3) is 5.69 Å². The number of hydrogen-bond donors (Lipinski definition) is 2. The molecule has 0 radical (unpaired) electrons. The van der Waals surface area contributed by atoms with Gasteiger partial charge in [-0.05, 0) is 47.0 Å². The molecule has 8 heteroatoms. The number of carboxylic acids is 1. The standard InChI is InChI=1S/C12H12BrN3O3S/c1-6-3-7(2)10(8(13)4-6)16-11(19)14-15-12(16)20-5-9(17)18/h3-4H,5H2,1-2H3,(H,14,19)(H,17,18). The third-order valence-corrected chi connectivity index (χ3v) is 4.12. The average molecular weight is 358 g/mol. The summed E-state index contributed by atoms with van der Waals surface area (Å²) in [5.74, 6) is -1.12. The number of carboxylic acid groups (broad SMARTS) is 1. The highest BCUT2D eigenvalue weighted by Gasteiger charge is 2.17. The molecule has 0 saturated heterocycles. The van der Waals surface area contributed by atoms with Gasteiger partial charge in [0.05, 0.1) is 11.4 Å². The van der Waals surface area contributed by atoms with Crippen LogP contribution in [0.2, 0.25) is 0 Å². The van der Waals surface area contributed by atoms with Crippen molar-refractivity contribution in [2.75, 3.05) is 5.75 Å². The van der Waals surface area contributed by atoms with Gasteiger partial charge in [-0.1, -0.05) is 17.8 Å². The van der Waals surface area contributed by atoms with Crippen LogP contribution in [0.1, 0.15) is 11.1 Å². The van der Waals surface area contributed by atoms with Crippen LogP contribution >= 0.6 is 27.7 Å². The van der Waals surface area contributed by atoms with E-state index in [2.05, 4.69) is 26.1 Å². The van der Waals surface area contributed by atoms with Crippen molar-refractivity contribution in [1.29, 1.82) is 0 Å². The van der Waals surface area contributed by atoms with Crippen LogP contribution in [-0.4, -0.2) is 31.6 Å². The second-order valence-corrected chi connectivity index (χ2v) is 6.04. The Morgan fingerprint density at radius 3 is 2.80 bits per heavy atom. The smallest absolute Gasteiger partial charge is 0.348 e. The second-order valence-electron chi connectivity index (χ2n) is 4.24. The predicted octanol–water partition coefficient (Wildman–Crippen LogP) is 2.12.